The minimum absolute atomic E-state index is 0. The van der Waals surface area contributed by atoms with Crippen molar-refractivity contribution >= 4 is 42.1 Å². The van der Waals surface area contributed by atoms with E-state index < -0.39 is 0 Å². The molecule has 154 valence electrons. The van der Waals surface area contributed by atoms with Gasteiger partial charge in [-0.05, 0) is 50.4 Å². The van der Waals surface area contributed by atoms with Crippen molar-refractivity contribution in [1.82, 2.24) is 15.2 Å². The number of amides is 1. The number of thiazole rings is 1. The first-order valence-corrected chi connectivity index (χ1v) is 11.0. The van der Waals surface area contributed by atoms with Gasteiger partial charge in [0.15, 0.2) is 0 Å². The molecule has 1 aromatic heterocycles. The molecule has 4 heterocycles. The number of halogens is 2. The summed E-state index contributed by atoms with van der Waals surface area (Å²) >= 11 is 1.79. The van der Waals surface area contributed by atoms with Gasteiger partial charge >= 0.3 is 0 Å². The van der Waals surface area contributed by atoms with E-state index in [1.807, 2.05) is 0 Å². The van der Waals surface area contributed by atoms with Crippen molar-refractivity contribution in [2.75, 3.05) is 13.1 Å². The number of aromatic nitrogens is 1. The Balaban J connectivity index is 0.00000131. The fourth-order valence-corrected chi connectivity index (χ4v) is 5.99. The molecule has 1 aromatic rings. The molecular weight excluding hydrogens is 401 g/mol. The van der Waals surface area contributed by atoms with Crippen LogP contribution in [0.3, 0.4) is 0 Å². The number of hydrogen-bond acceptors (Lipinski definition) is 4. The van der Waals surface area contributed by atoms with Gasteiger partial charge in [-0.1, -0.05) is 13.8 Å². The van der Waals surface area contributed by atoms with Gasteiger partial charge in [-0.3, -0.25) is 4.79 Å². The van der Waals surface area contributed by atoms with E-state index in [2.05, 4.69) is 29.4 Å². The molecule has 4 rings (SSSR count). The molecule has 2 bridgehead atoms. The maximum absolute atomic E-state index is 12.9. The fraction of sp³-hybridized carbons (Fsp3) is 0.800. The third kappa shape index (κ3) is 5.37. The Labute approximate surface area is 179 Å². The summed E-state index contributed by atoms with van der Waals surface area (Å²) in [5.74, 6) is 1.91. The normalized spacial score (nSPS) is 30.0. The van der Waals surface area contributed by atoms with E-state index in [-0.39, 0.29) is 24.8 Å². The van der Waals surface area contributed by atoms with E-state index in [9.17, 15) is 4.79 Å². The van der Waals surface area contributed by atoms with Crippen LogP contribution >= 0.6 is 36.2 Å². The number of nitrogens with zero attached hydrogens (tertiary/aromatic N) is 2. The quantitative estimate of drug-likeness (QED) is 0.745. The summed E-state index contributed by atoms with van der Waals surface area (Å²) < 4.78 is 0. The van der Waals surface area contributed by atoms with E-state index in [0.29, 0.717) is 35.7 Å². The number of carbonyl (C=O) groups is 1. The largest absolute Gasteiger partial charge is 0.342 e. The molecule has 0 aromatic carbocycles. The van der Waals surface area contributed by atoms with Crippen molar-refractivity contribution in [2.24, 2.45) is 5.92 Å². The lowest BCUT2D eigenvalue weighted by molar-refractivity contribution is -0.133. The minimum Gasteiger partial charge on any atom is -0.342 e. The molecular formula is C20H33Cl2N3OS. The summed E-state index contributed by atoms with van der Waals surface area (Å²) in [6, 6.07) is 1.35. The molecule has 1 N–H and O–H groups in total. The summed E-state index contributed by atoms with van der Waals surface area (Å²) in [5, 5.41) is 7.12. The SMILES string of the molecule is CC(C)c1csc(C2CCCN(C(=O)CC3CC4CCC(C3)N4)C2)n1.Cl.Cl. The molecule has 3 aliphatic heterocycles. The molecule has 4 nitrogen and oxygen atoms in total. The van der Waals surface area contributed by atoms with Crippen LogP contribution < -0.4 is 5.32 Å². The third-order valence-electron chi connectivity index (χ3n) is 6.29. The van der Waals surface area contributed by atoms with Crippen LogP contribution in [-0.4, -0.2) is 41.0 Å². The summed E-state index contributed by atoms with van der Waals surface area (Å²) in [7, 11) is 0. The number of likely N-dealkylation sites (tertiary alicyclic amines) is 1. The van der Waals surface area contributed by atoms with Gasteiger partial charge in [0.1, 0.15) is 0 Å². The van der Waals surface area contributed by atoms with Crippen LogP contribution in [0.5, 0.6) is 0 Å². The first-order chi connectivity index (χ1) is 12.1. The smallest absolute Gasteiger partial charge is 0.222 e. The van der Waals surface area contributed by atoms with Crippen LogP contribution in [0, 0.1) is 5.92 Å². The zero-order valence-corrected chi connectivity index (χ0v) is 18.8. The van der Waals surface area contributed by atoms with E-state index in [4.69, 9.17) is 4.98 Å². The summed E-state index contributed by atoms with van der Waals surface area (Å²) in [6.07, 6.45) is 8.06. The Hall–Kier alpha value is -0.360. The van der Waals surface area contributed by atoms with Gasteiger partial charge < -0.3 is 10.2 Å². The summed E-state index contributed by atoms with van der Waals surface area (Å²) in [4.78, 5) is 19.9. The van der Waals surface area contributed by atoms with Gasteiger partial charge in [-0.15, -0.1) is 36.2 Å². The first kappa shape index (κ1) is 22.9. The van der Waals surface area contributed by atoms with Crippen LogP contribution in [0.4, 0.5) is 0 Å². The van der Waals surface area contributed by atoms with Gasteiger partial charge in [0, 0.05) is 42.9 Å². The summed E-state index contributed by atoms with van der Waals surface area (Å²) in [6.45, 7) is 6.21. The Morgan fingerprint density at radius 3 is 2.59 bits per heavy atom. The number of fused-ring (bicyclic) bond motifs is 2. The van der Waals surface area contributed by atoms with Crippen molar-refractivity contribution in [1.29, 1.82) is 0 Å². The van der Waals surface area contributed by atoms with Crippen LogP contribution in [0.1, 0.15) is 81.3 Å². The van der Waals surface area contributed by atoms with E-state index in [1.54, 1.807) is 11.3 Å². The first-order valence-electron chi connectivity index (χ1n) is 10.1. The second kappa shape index (κ2) is 9.91. The highest BCUT2D eigenvalue weighted by molar-refractivity contribution is 7.09. The van der Waals surface area contributed by atoms with Gasteiger partial charge in [-0.2, -0.15) is 0 Å². The zero-order valence-electron chi connectivity index (χ0n) is 16.4. The number of carbonyl (C=O) groups excluding carboxylic acids is 1. The topological polar surface area (TPSA) is 45.2 Å². The Kier molecular flexibility index (Phi) is 8.41. The Morgan fingerprint density at radius 2 is 1.96 bits per heavy atom. The Bertz CT molecular complexity index is 612. The van der Waals surface area contributed by atoms with Gasteiger partial charge in [0.2, 0.25) is 5.91 Å². The zero-order chi connectivity index (χ0) is 17.4. The molecule has 0 aliphatic carbocycles. The number of hydrogen-bond donors (Lipinski definition) is 1. The molecule has 3 aliphatic rings. The van der Waals surface area contributed by atoms with Gasteiger partial charge in [-0.25, -0.2) is 4.98 Å². The predicted octanol–water partition coefficient (Wildman–Crippen LogP) is 4.74. The highest BCUT2D eigenvalue weighted by atomic mass is 35.5. The number of piperidine rings is 2. The van der Waals surface area contributed by atoms with Gasteiger partial charge in [0.25, 0.3) is 0 Å². The lowest BCUT2D eigenvalue weighted by atomic mass is 9.88. The third-order valence-corrected chi connectivity index (χ3v) is 7.31. The second-order valence-corrected chi connectivity index (χ2v) is 9.51. The highest BCUT2D eigenvalue weighted by Crippen LogP contribution is 2.35. The molecule has 0 spiro atoms. The Morgan fingerprint density at radius 1 is 1.26 bits per heavy atom. The molecule has 7 heteroatoms. The predicted molar refractivity (Wildman–Crippen MR) is 117 cm³/mol. The number of nitrogens with one attached hydrogen (secondary N) is 1. The monoisotopic (exact) mass is 433 g/mol. The molecule has 0 radical (unpaired) electrons. The molecule has 3 atom stereocenters. The second-order valence-electron chi connectivity index (χ2n) is 8.62. The van der Waals surface area contributed by atoms with E-state index >= 15 is 0 Å². The lowest BCUT2D eigenvalue weighted by Crippen LogP contribution is -2.43. The van der Waals surface area contributed by atoms with E-state index in [0.717, 1.165) is 25.9 Å². The van der Waals surface area contributed by atoms with Gasteiger partial charge in [0.05, 0.1) is 10.7 Å². The fourth-order valence-electron chi connectivity index (χ4n) is 4.88. The molecule has 1 amide bonds. The molecule has 0 saturated carbocycles. The lowest BCUT2D eigenvalue weighted by Gasteiger charge is -2.34. The van der Waals surface area contributed by atoms with Crippen molar-refractivity contribution in [3.05, 3.63) is 16.1 Å². The average molecular weight is 434 g/mol. The van der Waals surface area contributed by atoms with Crippen molar-refractivity contribution < 1.29 is 4.79 Å². The van der Waals surface area contributed by atoms with Crippen LogP contribution in [0.15, 0.2) is 5.38 Å². The maximum Gasteiger partial charge on any atom is 0.222 e. The molecule has 3 fully saturated rings. The van der Waals surface area contributed by atoms with Crippen molar-refractivity contribution in [2.45, 2.75) is 82.7 Å². The van der Waals surface area contributed by atoms with E-state index in [1.165, 1.54) is 42.8 Å². The summed E-state index contributed by atoms with van der Waals surface area (Å²) in [5.41, 5.74) is 1.20. The highest BCUT2D eigenvalue weighted by Gasteiger charge is 2.35. The van der Waals surface area contributed by atoms with Crippen molar-refractivity contribution in [3.63, 3.8) is 0 Å². The molecule has 3 unspecified atom stereocenters. The standard InChI is InChI=1S/C20H31N3OS.2ClH/c1-13(2)18-12-25-20(22-18)15-4-3-7-23(11-15)19(24)10-14-8-16-5-6-17(9-14)21-16;;/h12-17,21H,3-11H2,1-2H3;2*1H. The molecule has 3 saturated heterocycles. The van der Waals surface area contributed by atoms with Crippen LogP contribution in [0.25, 0.3) is 0 Å². The minimum atomic E-state index is 0. The van der Waals surface area contributed by atoms with Crippen LogP contribution in [-0.2, 0) is 4.79 Å². The molecule has 27 heavy (non-hydrogen) atoms. The van der Waals surface area contributed by atoms with Crippen molar-refractivity contribution in [3.8, 4) is 0 Å². The van der Waals surface area contributed by atoms with Crippen LogP contribution in [0.2, 0.25) is 0 Å². The maximum atomic E-state index is 12.9. The number of rotatable bonds is 4. The average Bonchev–Trinajstić information content (AvgIpc) is 3.22.